The fraction of sp³-hybridized carbons (Fsp3) is 1.00. The summed E-state index contributed by atoms with van der Waals surface area (Å²) in [4.78, 5) is 0. The smallest absolute Gasteiger partial charge is 0.112 e. The SMILES string of the molecule is C1OC2C[NH2+]C1C2. The van der Waals surface area contributed by atoms with E-state index in [9.17, 15) is 0 Å². The molecule has 40 valence electrons. The molecule has 2 unspecified atom stereocenters. The molecule has 7 heavy (non-hydrogen) atoms. The molecule has 2 N–H and O–H groups in total. The summed E-state index contributed by atoms with van der Waals surface area (Å²) in [5.74, 6) is 0. The Bertz CT molecular complexity index is 66.1. The van der Waals surface area contributed by atoms with Crippen LogP contribution in [0.2, 0.25) is 0 Å². The van der Waals surface area contributed by atoms with Gasteiger partial charge in [-0.1, -0.05) is 0 Å². The largest absolute Gasteiger partial charge is 0.366 e. The predicted octanol–water partition coefficient (Wildman–Crippen LogP) is -1.28. The van der Waals surface area contributed by atoms with Crippen LogP contribution in [0.1, 0.15) is 6.42 Å². The van der Waals surface area contributed by atoms with Crippen LogP contribution in [0.4, 0.5) is 0 Å². The van der Waals surface area contributed by atoms with E-state index in [4.69, 9.17) is 4.74 Å². The molecule has 2 heterocycles. The summed E-state index contributed by atoms with van der Waals surface area (Å²) in [5, 5.41) is 2.38. The number of quaternary nitrogens is 1. The molecule has 2 saturated heterocycles. The number of hydrogen-bond donors (Lipinski definition) is 1. The highest BCUT2D eigenvalue weighted by Gasteiger charge is 2.35. The second-order valence-corrected chi connectivity index (χ2v) is 2.42. The van der Waals surface area contributed by atoms with Crippen LogP contribution in [0.5, 0.6) is 0 Å². The Labute approximate surface area is 42.9 Å². The minimum Gasteiger partial charge on any atom is -0.366 e. The van der Waals surface area contributed by atoms with Gasteiger partial charge in [0, 0.05) is 6.42 Å². The van der Waals surface area contributed by atoms with Crippen LogP contribution in [-0.2, 0) is 4.74 Å². The van der Waals surface area contributed by atoms with Crippen LogP contribution in [0, 0.1) is 0 Å². The van der Waals surface area contributed by atoms with Gasteiger partial charge in [0.2, 0.25) is 0 Å². The van der Waals surface area contributed by atoms with Gasteiger partial charge in [0.25, 0.3) is 0 Å². The average molecular weight is 100 g/mol. The molecule has 2 nitrogen and oxygen atoms in total. The molecule has 2 rings (SSSR count). The molecular formula is C5H10NO+. The minimum atomic E-state index is 0.616. The molecule has 0 aromatic heterocycles. The first-order valence-electron chi connectivity index (χ1n) is 2.90. The van der Waals surface area contributed by atoms with Crippen molar-refractivity contribution in [2.24, 2.45) is 0 Å². The Kier molecular flexibility index (Phi) is 0.664. The zero-order valence-electron chi connectivity index (χ0n) is 4.26. The quantitative estimate of drug-likeness (QED) is 0.403. The molecular weight excluding hydrogens is 90.1 g/mol. The monoisotopic (exact) mass is 100 g/mol. The minimum absolute atomic E-state index is 0.616. The van der Waals surface area contributed by atoms with E-state index >= 15 is 0 Å². The van der Waals surface area contributed by atoms with Gasteiger partial charge in [0.05, 0.1) is 6.61 Å². The lowest BCUT2D eigenvalue weighted by atomic mass is 10.3. The summed E-state index contributed by atoms with van der Waals surface area (Å²) in [6.45, 7) is 2.22. The molecule has 2 bridgehead atoms. The van der Waals surface area contributed by atoms with Crippen LogP contribution in [0.15, 0.2) is 0 Å². The molecule has 0 saturated carbocycles. The van der Waals surface area contributed by atoms with Crippen molar-refractivity contribution >= 4 is 0 Å². The van der Waals surface area contributed by atoms with Gasteiger partial charge in [0.15, 0.2) is 0 Å². The lowest BCUT2D eigenvalue weighted by molar-refractivity contribution is -0.683. The Balaban J connectivity index is 2.12. The fourth-order valence-electron chi connectivity index (χ4n) is 1.41. The maximum atomic E-state index is 5.32. The summed E-state index contributed by atoms with van der Waals surface area (Å²) < 4.78 is 5.32. The molecule has 0 aliphatic carbocycles. The molecule has 0 amide bonds. The first kappa shape index (κ1) is 3.87. The molecule has 2 aliphatic rings. The topological polar surface area (TPSA) is 25.8 Å². The number of hydrogen-bond acceptors (Lipinski definition) is 1. The van der Waals surface area contributed by atoms with Crippen molar-refractivity contribution in [3.8, 4) is 0 Å². The van der Waals surface area contributed by atoms with Gasteiger partial charge in [0.1, 0.15) is 18.7 Å². The highest BCUT2D eigenvalue weighted by molar-refractivity contribution is 4.75. The Morgan fingerprint density at radius 3 is 2.71 bits per heavy atom. The molecule has 0 radical (unpaired) electrons. The van der Waals surface area contributed by atoms with Crippen LogP contribution in [0.3, 0.4) is 0 Å². The molecule has 2 heteroatoms. The number of nitrogens with two attached hydrogens (primary N) is 1. The number of rotatable bonds is 0. The zero-order chi connectivity index (χ0) is 4.69. The third-order valence-electron chi connectivity index (χ3n) is 1.84. The van der Waals surface area contributed by atoms with Crippen LogP contribution in [-0.4, -0.2) is 25.3 Å². The van der Waals surface area contributed by atoms with Crippen molar-refractivity contribution < 1.29 is 10.1 Å². The highest BCUT2D eigenvalue weighted by atomic mass is 16.5. The van der Waals surface area contributed by atoms with Gasteiger partial charge in [-0.2, -0.15) is 0 Å². The van der Waals surface area contributed by atoms with Crippen LogP contribution < -0.4 is 5.32 Å². The standard InChI is InChI=1S/C5H9NO/c1-4-3-7-5(1)2-6-4/h4-6H,1-3H2/p+1. The van der Waals surface area contributed by atoms with E-state index in [1.54, 1.807) is 0 Å². The van der Waals surface area contributed by atoms with E-state index in [0.29, 0.717) is 6.10 Å². The highest BCUT2D eigenvalue weighted by Crippen LogP contribution is 2.12. The molecule has 0 aromatic carbocycles. The zero-order valence-corrected chi connectivity index (χ0v) is 4.26. The van der Waals surface area contributed by atoms with E-state index in [1.807, 2.05) is 0 Å². The van der Waals surface area contributed by atoms with E-state index in [0.717, 1.165) is 12.6 Å². The van der Waals surface area contributed by atoms with Crippen molar-refractivity contribution in [1.82, 2.24) is 0 Å². The third-order valence-corrected chi connectivity index (χ3v) is 1.84. The molecule has 0 aromatic rings. The van der Waals surface area contributed by atoms with Crippen molar-refractivity contribution in [2.75, 3.05) is 13.2 Å². The summed E-state index contributed by atoms with van der Waals surface area (Å²) in [6, 6.07) is 0.824. The van der Waals surface area contributed by atoms with Gasteiger partial charge >= 0.3 is 0 Å². The fourth-order valence-corrected chi connectivity index (χ4v) is 1.41. The molecule has 2 aliphatic heterocycles. The van der Waals surface area contributed by atoms with Gasteiger partial charge in [-0.3, -0.25) is 0 Å². The van der Waals surface area contributed by atoms with Crippen LogP contribution in [0.25, 0.3) is 0 Å². The Hall–Kier alpha value is -0.0800. The number of fused-ring (bicyclic) bond motifs is 2. The first-order valence-corrected chi connectivity index (χ1v) is 2.90. The summed E-state index contributed by atoms with van der Waals surface area (Å²) in [7, 11) is 0. The lowest BCUT2D eigenvalue weighted by Gasteiger charge is -2.06. The Morgan fingerprint density at radius 1 is 1.57 bits per heavy atom. The van der Waals surface area contributed by atoms with E-state index in [1.165, 1.54) is 13.0 Å². The molecule has 0 spiro atoms. The maximum absolute atomic E-state index is 5.32. The number of ether oxygens (including phenoxy) is 1. The number of morpholine rings is 1. The molecule has 2 fully saturated rings. The summed E-state index contributed by atoms with van der Waals surface area (Å²) >= 11 is 0. The lowest BCUT2D eigenvalue weighted by Crippen LogP contribution is -2.89. The first-order chi connectivity index (χ1) is 3.45. The van der Waals surface area contributed by atoms with E-state index in [-0.39, 0.29) is 0 Å². The normalized spacial score (nSPS) is 48.0. The third kappa shape index (κ3) is 0.469. The van der Waals surface area contributed by atoms with E-state index < -0.39 is 0 Å². The van der Waals surface area contributed by atoms with Gasteiger partial charge < -0.3 is 10.1 Å². The second kappa shape index (κ2) is 1.20. The van der Waals surface area contributed by atoms with Gasteiger partial charge in [-0.25, -0.2) is 0 Å². The van der Waals surface area contributed by atoms with Crippen LogP contribution >= 0.6 is 0 Å². The van der Waals surface area contributed by atoms with Gasteiger partial charge in [-0.15, -0.1) is 0 Å². The predicted molar refractivity (Wildman–Crippen MR) is 24.9 cm³/mol. The van der Waals surface area contributed by atoms with Crippen molar-refractivity contribution in [3.05, 3.63) is 0 Å². The maximum Gasteiger partial charge on any atom is 0.112 e. The van der Waals surface area contributed by atoms with Gasteiger partial charge in [-0.05, 0) is 0 Å². The summed E-state index contributed by atoms with van der Waals surface area (Å²) in [6.07, 6.45) is 1.92. The van der Waals surface area contributed by atoms with Crippen molar-refractivity contribution in [1.29, 1.82) is 0 Å². The van der Waals surface area contributed by atoms with E-state index in [2.05, 4.69) is 5.32 Å². The summed E-state index contributed by atoms with van der Waals surface area (Å²) in [5.41, 5.74) is 0. The molecule has 2 atom stereocenters. The van der Waals surface area contributed by atoms with Crippen molar-refractivity contribution in [2.45, 2.75) is 18.6 Å². The Morgan fingerprint density at radius 2 is 2.57 bits per heavy atom. The van der Waals surface area contributed by atoms with Crippen molar-refractivity contribution in [3.63, 3.8) is 0 Å². The second-order valence-electron chi connectivity index (χ2n) is 2.42. The average Bonchev–Trinajstić information content (AvgIpc) is 2.22.